The number of amides is 1. The quantitative estimate of drug-likeness (QED) is 0.771. The molecule has 0 spiro atoms. The topological polar surface area (TPSA) is 54.5 Å². The first-order valence-electron chi connectivity index (χ1n) is 8.58. The van der Waals surface area contributed by atoms with Crippen molar-refractivity contribution in [2.24, 2.45) is 11.8 Å². The van der Waals surface area contributed by atoms with Crippen LogP contribution in [0.1, 0.15) is 32.3 Å². The summed E-state index contributed by atoms with van der Waals surface area (Å²) in [5.74, 6) is -2.18. The maximum Gasteiger partial charge on any atom is 0.237 e. The zero-order valence-corrected chi connectivity index (χ0v) is 15.5. The molecule has 0 radical (unpaired) electrons. The van der Waals surface area contributed by atoms with Gasteiger partial charge in [-0.25, -0.2) is 17.2 Å². The van der Waals surface area contributed by atoms with Crippen LogP contribution in [0.5, 0.6) is 0 Å². The molecule has 1 amide bonds. The van der Waals surface area contributed by atoms with E-state index < -0.39 is 27.2 Å². The number of carbonyl (C=O) groups is 1. The number of sulfone groups is 1. The van der Waals surface area contributed by atoms with Crippen molar-refractivity contribution in [3.8, 4) is 0 Å². The van der Waals surface area contributed by atoms with Crippen molar-refractivity contribution in [2.45, 2.75) is 33.1 Å². The van der Waals surface area contributed by atoms with Gasteiger partial charge in [0.25, 0.3) is 0 Å². The molecule has 0 N–H and O–H groups in total. The molecule has 4 nitrogen and oxygen atoms in total. The van der Waals surface area contributed by atoms with Crippen LogP contribution in [0.15, 0.2) is 18.2 Å². The van der Waals surface area contributed by atoms with Crippen LogP contribution in [0.4, 0.5) is 8.78 Å². The fraction of sp³-hybridized carbons (Fsp3) is 0.611. The summed E-state index contributed by atoms with van der Waals surface area (Å²) in [6.45, 7) is 4.63. The molecule has 0 bridgehead atoms. The standard InChI is InChI=1S/C18H25F2NO3S/c1-13(2)11-25(23,24)12-18(22)21-7-5-14(6-8-21)9-15-3-4-16(19)17(20)10-15/h3-4,10,13-14H,5-9,11-12H2,1-2H3. The predicted molar refractivity (Wildman–Crippen MR) is 92.9 cm³/mol. The monoisotopic (exact) mass is 373 g/mol. The summed E-state index contributed by atoms with van der Waals surface area (Å²) in [4.78, 5) is 13.8. The Labute approximate surface area is 148 Å². The number of piperidine rings is 1. The van der Waals surface area contributed by atoms with Gasteiger partial charge in [-0.3, -0.25) is 4.79 Å². The smallest absolute Gasteiger partial charge is 0.237 e. The molecule has 2 rings (SSSR count). The minimum absolute atomic E-state index is 0.000333. The van der Waals surface area contributed by atoms with Crippen molar-refractivity contribution in [2.75, 3.05) is 24.6 Å². The van der Waals surface area contributed by atoms with Gasteiger partial charge in [-0.05, 0) is 48.8 Å². The number of likely N-dealkylation sites (tertiary alicyclic amines) is 1. The summed E-state index contributed by atoms with van der Waals surface area (Å²) in [5.41, 5.74) is 0.739. The van der Waals surface area contributed by atoms with E-state index in [-0.39, 0.29) is 23.5 Å². The Hall–Kier alpha value is -1.50. The lowest BCUT2D eigenvalue weighted by Crippen LogP contribution is -2.42. The molecule has 25 heavy (non-hydrogen) atoms. The van der Waals surface area contributed by atoms with Crippen molar-refractivity contribution >= 4 is 15.7 Å². The maximum absolute atomic E-state index is 13.3. The number of carbonyl (C=O) groups excluding carboxylic acids is 1. The fourth-order valence-electron chi connectivity index (χ4n) is 3.23. The summed E-state index contributed by atoms with van der Waals surface area (Å²) in [5, 5.41) is 0. The highest BCUT2D eigenvalue weighted by molar-refractivity contribution is 7.92. The van der Waals surface area contributed by atoms with Crippen LogP contribution >= 0.6 is 0 Å². The molecule has 0 saturated carbocycles. The van der Waals surface area contributed by atoms with Gasteiger partial charge in [-0.15, -0.1) is 0 Å². The van der Waals surface area contributed by atoms with E-state index in [1.165, 1.54) is 6.07 Å². The van der Waals surface area contributed by atoms with Gasteiger partial charge >= 0.3 is 0 Å². The van der Waals surface area contributed by atoms with E-state index in [1.54, 1.807) is 11.0 Å². The largest absolute Gasteiger partial charge is 0.342 e. The fourth-order valence-corrected chi connectivity index (χ4v) is 4.93. The minimum Gasteiger partial charge on any atom is -0.342 e. The van der Waals surface area contributed by atoms with E-state index in [2.05, 4.69) is 0 Å². The van der Waals surface area contributed by atoms with E-state index in [1.807, 2.05) is 13.8 Å². The highest BCUT2D eigenvalue weighted by Crippen LogP contribution is 2.23. The second-order valence-corrected chi connectivity index (χ2v) is 9.33. The van der Waals surface area contributed by atoms with E-state index in [9.17, 15) is 22.0 Å². The molecule has 0 unspecified atom stereocenters. The third-order valence-electron chi connectivity index (χ3n) is 4.41. The number of hydrogen-bond donors (Lipinski definition) is 0. The molecule has 7 heteroatoms. The summed E-state index contributed by atoms with van der Waals surface area (Å²) in [6, 6.07) is 3.92. The van der Waals surface area contributed by atoms with E-state index in [4.69, 9.17) is 0 Å². The van der Waals surface area contributed by atoms with E-state index >= 15 is 0 Å². The Morgan fingerprint density at radius 2 is 1.84 bits per heavy atom. The van der Waals surface area contributed by atoms with Crippen molar-refractivity contribution < 1.29 is 22.0 Å². The van der Waals surface area contributed by atoms with Gasteiger partial charge in [0.2, 0.25) is 5.91 Å². The molecule has 1 fully saturated rings. The molecule has 1 saturated heterocycles. The SMILES string of the molecule is CC(C)CS(=O)(=O)CC(=O)N1CCC(Cc2ccc(F)c(F)c2)CC1. The molecule has 1 heterocycles. The number of halogens is 2. The van der Waals surface area contributed by atoms with Crippen LogP contribution in [0.25, 0.3) is 0 Å². The summed E-state index contributed by atoms with van der Waals surface area (Å²) < 4.78 is 50.1. The first-order chi connectivity index (χ1) is 11.7. The number of nitrogens with zero attached hydrogens (tertiary/aromatic N) is 1. The van der Waals surface area contributed by atoms with Gasteiger partial charge in [0.1, 0.15) is 5.75 Å². The molecule has 1 aliphatic rings. The molecular weight excluding hydrogens is 348 g/mol. The summed E-state index contributed by atoms with van der Waals surface area (Å²) >= 11 is 0. The lowest BCUT2D eigenvalue weighted by atomic mass is 9.90. The van der Waals surface area contributed by atoms with Crippen LogP contribution < -0.4 is 0 Å². The zero-order chi connectivity index (χ0) is 18.6. The number of hydrogen-bond acceptors (Lipinski definition) is 3. The molecule has 1 aliphatic heterocycles. The third-order valence-corrected chi connectivity index (χ3v) is 6.27. The van der Waals surface area contributed by atoms with E-state index in [0.717, 1.165) is 24.5 Å². The highest BCUT2D eigenvalue weighted by Gasteiger charge is 2.27. The first-order valence-corrected chi connectivity index (χ1v) is 10.4. The van der Waals surface area contributed by atoms with E-state index in [0.29, 0.717) is 19.5 Å². The van der Waals surface area contributed by atoms with Gasteiger partial charge in [0, 0.05) is 13.1 Å². The Morgan fingerprint density at radius 1 is 1.20 bits per heavy atom. The van der Waals surface area contributed by atoms with Gasteiger partial charge in [-0.2, -0.15) is 0 Å². The second-order valence-electron chi connectivity index (χ2n) is 7.23. The Balaban J connectivity index is 1.84. The molecule has 0 aromatic heterocycles. The third kappa shape index (κ3) is 6.06. The molecular formula is C18H25F2NO3S. The first kappa shape index (κ1) is 19.8. The van der Waals surface area contributed by atoms with Crippen molar-refractivity contribution in [1.82, 2.24) is 4.90 Å². The average molecular weight is 373 g/mol. The average Bonchev–Trinajstić information content (AvgIpc) is 2.50. The molecule has 140 valence electrons. The second kappa shape index (κ2) is 8.25. The van der Waals surface area contributed by atoms with Crippen LogP contribution in [0.3, 0.4) is 0 Å². The predicted octanol–water partition coefficient (Wildman–Crippen LogP) is 2.82. The van der Waals surface area contributed by atoms with Crippen LogP contribution in [0.2, 0.25) is 0 Å². The number of benzene rings is 1. The van der Waals surface area contributed by atoms with Gasteiger partial charge in [-0.1, -0.05) is 19.9 Å². The Bertz CT molecular complexity index is 711. The van der Waals surface area contributed by atoms with Gasteiger partial charge in [0.05, 0.1) is 5.75 Å². The summed E-state index contributed by atoms with van der Waals surface area (Å²) in [7, 11) is -3.37. The van der Waals surface area contributed by atoms with Crippen molar-refractivity contribution in [1.29, 1.82) is 0 Å². The van der Waals surface area contributed by atoms with Crippen LogP contribution in [0, 0.1) is 23.5 Å². The zero-order valence-electron chi connectivity index (χ0n) is 14.7. The minimum atomic E-state index is -3.37. The lowest BCUT2D eigenvalue weighted by Gasteiger charge is -2.32. The normalized spacial score (nSPS) is 16.4. The molecule has 0 aliphatic carbocycles. The number of rotatable bonds is 6. The van der Waals surface area contributed by atoms with Gasteiger partial charge < -0.3 is 4.90 Å². The molecule has 0 atom stereocenters. The lowest BCUT2D eigenvalue weighted by molar-refractivity contribution is -0.129. The van der Waals surface area contributed by atoms with Crippen molar-refractivity contribution in [3.63, 3.8) is 0 Å². The van der Waals surface area contributed by atoms with Crippen LogP contribution in [-0.4, -0.2) is 43.8 Å². The molecule has 1 aromatic carbocycles. The van der Waals surface area contributed by atoms with Gasteiger partial charge in [0.15, 0.2) is 21.5 Å². The Morgan fingerprint density at radius 3 is 2.40 bits per heavy atom. The molecule has 1 aromatic rings. The van der Waals surface area contributed by atoms with Crippen molar-refractivity contribution in [3.05, 3.63) is 35.4 Å². The highest BCUT2D eigenvalue weighted by atomic mass is 32.2. The Kier molecular flexibility index (Phi) is 6.54. The van der Waals surface area contributed by atoms with Crippen LogP contribution in [-0.2, 0) is 21.1 Å². The maximum atomic E-state index is 13.3. The summed E-state index contributed by atoms with van der Waals surface area (Å²) in [6.07, 6.45) is 2.09.